The molecule has 5 aromatic carbocycles. The first-order chi connectivity index (χ1) is 70.9. The largest absolute Gasteiger partial charge is 0.422 e. The molecule has 7 saturated heterocycles. The van der Waals surface area contributed by atoms with Crippen molar-refractivity contribution in [1.29, 1.82) is 0 Å². The maximum atomic E-state index is 12.8. The fourth-order valence-electron chi connectivity index (χ4n) is 21.6. The molecule has 22 heterocycles. The number of hydrogen-bond donors (Lipinski definition) is 2. The summed E-state index contributed by atoms with van der Waals surface area (Å²) >= 11 is 0. The van der Waals surface area contributed by atoms with Gasteiger partial charge >= 0.3 is 28.1 Å². The summed E-state index contributed by atoms with van der Waals surface area (Å²) in [6.07, 6.45) is 25.6. The van der Waals surface area contributed by atoms with Crippen LogP contribution in [0.25, 0.3) is 139 Å². The average molecular weight is 1960 g/mol. The zero-order valence-corrected chi connectivity index (χ0v) is 83.2. The highest BCUT2D eigenvalue weighted by Gasteiger charge is 2.38. The van der Waals surface area contributed by atoms with Crippen molar-refractivity contribution in [2.45, 2.75) is 119 Å². The molecule has 0 aliphatic carbocycles. The number of nitrogens with one attached hydrogen (secondary N) is 2. The molecular formula is C111H113N25O10. The van der Waals surface area contributed by atoms with Crippen LogP contribution in [0.4, 0.5) is 28.4 Å². The van der Waals surface area contributed by atoms with Crippen LogP contribution in [0.1, 0.15) is 81.1 Å². The van der Waals surface area contributed by atoms with E-state index >= 15 is 0 Å². The molecule has 7 fully saturated rings. The van der Waals surface area contributed by atoms with E-state index in [0.29, 0.717) is 137 Å². The van der Waals surface area contributed by atoms with E-state index < -0.39 is 5.63 Å². The monoisotopic (exact) mass is 1960 g/mol. The first-order valence-corrected chi connectivity index (χ1v) is 50.3. The highest BCUT2D eigenvalue weighted by atomic mass is 16.4. The van der Waals surface area contributed by atoms with Crippen LogP contribution < -0.4 is 63.3 Å². The van der Waals surface area contributed by atoms with Crippen LogP contribution in [0.2, 0.25) is 0 Å². The highest BCUT2D eigenvalue weighted by molar-refractivity contribution is 5.90. The van der Waals surface area contributed by atoms with Gasteiger partial charge in [-0.3, -0.25) is 29.7 Å². The quantitative estimate of drug-likeness (QED) is 0.107. The number of fused-ring (bicyclic) bond motifs is 13. The number of nitrogens with zero attached hydrogens (tertiary/aromatic N) is 23. The number of anilines is 5. The summed E-state index contributed by atoms with van der Waals surface area (Å²) in [5.74, 6) is 0. The zero-order valence-electron chi connectivity index (χ0n) is 83.2. The molecule has 0 amide bonds. The third-order valence-corrected chi connectivity index (χ3v) is 29.4. The van der Waals surface area contributed by atoms with Gasteiger partial charge in [0.05, 0.1) is 115 Å². The molecule has 0 unspecified atom stereocenters. The van der Waals surface area contributed by atoms with Crippen LogP contribution in [0.15, 0.2) is 254 Å². The summed E-state index contributed by atoms with van der Waals surface area (Å²) in [5.41, 5.74) is 20.7. The van der Waals surface area contributed by atoms with Gasteiger partial charge in [-0.2, -0.15) is 5.10 Å². The number of hydrogen-bond acceptors (Lipinski definition) is 30. The number of piperazine rings is 5. The minimum atomic E-state index is -0.390. The number of aromatic nitrogens is 15. The number of rotatable bonds is 12. The molecule has 5 atom stereocenters. The molecule has 7 aliphatic rings. The molecular weight excluding hydrogens is 1840 g/mol. The molecule has 20 aromatic rings. The van der Waals surface area contributed by atoms with Gasteiger partial charge in [-0.25, -0.2) is 53.4 Å². The van der Waals surface area contributed by atoms with Crippen LogP contribution in [0.3, 0.4) is 0 Å². The zero-order chi connectivity index (χ0) is 100.0. The topological polar surface area (TPSA) is 352 Å². The van der Waals surface area contributed by atoms with Crippen molar-refractivity contribution in [3.05, 3.63) is 294 Å². The Balaban J connectivity index is 0.000000101. The average Bonchev–Trinajstić information content (AvgIpc) is 1.51. The lowest BCUT2D eigenvalue weighted by molar-refractivity contribution is 0.199. The van der Waals surface area contributed by atoms with Crippen molar-refractivity contribution in [2.24, 2.45) is 0 Å². The van der Waals surface area contributed by atoms with Gasteiger partial charge < -0.3 is 79.7 Å². The van der Waals surface area contributed by atoms with Crippen LogP contribution >= 0.6 is 0 Å². The second-order valence-electron chi connectivity index (χ2n) is 39.4. The van der Waals surface area contributed by atoms with E-state index in [9.17, 15) is 24.0 Å². The first-order valence-electron chi connectivity index (χ1n) is 50.3. The Labute approximate surface area is 837 Å². The standard InChI is InChI=1S/C24H27N5O2.C23H23N5O2.C22H23N5O2.C21H19N5O2.C21H21N5O2/c1-5-27-8-9-28(13-16(27)3)19-7-6-18-10-20(24(30)31-22(18)11-19)21-14-29-12-15(2)25-17(4)23(29)26-21;1-15-12-28-14-20(25-22(28)11-24-15)19-9-16-4-5-17(10-21(16)30-23(19)29)27-8-7-26-6-2-3-18(26)13-27;1-3-25-6-8-26(9-7-25)17-5-4-16-10-18(22(28)29-20(16)11-17)19-14-27-13-15(2)23-12-21(27)24-19;1-12-9-25-11-18(24-20(25)8-22-12)17-4-13-2-3-15(6-19(13)28-21(17)27)26-10-14-5-16(26)7-23-14;1-13-3-6-20-23-18(12-26(20)24-13)17-9-15-4-5-16(10-19(15)28-21(17)27)25-8-7-22-14(2)11-25/h6-7,10-12,14,16H,5,8-9,13H2,1-4H3;4-5,9-12,14,18H,2-3,6-8,13H2,1H3;4-5,10-14H,3,6-9H2,1-2H3;2-4,6,8-9,11,14,16,23H,5,7,10H2,1H3;3-6,9-10,12,14,22H,7-8,11H2,1-2H3/t16-;18-;;14-,16-;14-/m01.00/s1. The second kappa shape index (κ2) is 39.0. The third-order valence-electron chi connectivity index (χ3n) is 29.4. The SMILES string of the molecule is CCN1CCN(c2ccc3cc(-c4cn5cc(C)nc(C)c5n4)c(=O)oc3c2)C[C@@H]1C.CCN1CCN(c2ccc3cc(-c4cn5cc(C)ncc5n4)c(=O)oc3c2)CC1.Cc1ccc2nc(-c3cc4ccc(N5CCN[C@@H](C)C5)cc4oc3=O)cn2n1.Cc1cn2cc(-c3cc4ccc(N5CCN6CCC[C@@H]6C5)cc4oc3=O)nc2cn1.Cc1cn2cc(-c3cc4ccc(N5C[C@@H]6C[C@H]5CN6)cc4oc3=O)nc2cn1. The minimum absolute atomic E-state index is 0.367. The fourth-order valence-corrected chi connectivity index (χ4v) is 21.6. The van der Waals surface area contributed by atoms with Crippen molar-refractivity contribution >= 4 is 112 Å². The summed E-state index contributed by atoms with van der Waals surface area (Å²) in [7, 11) is 0. The van der Waals surface area contributed by atoms with E-state index in [1.807, 2.05) is 212 Å². The predicted octanol–water partition coefficient (Wildman–Crippen LogP) is 14.7. The lowest BCUT2D eigenvalue weighted by atomic mass is 10.1. The van der Waals surface area contributed by atoms with Gasteiger partial charge in [-0.15, -0.1) is 0 Å². The predicted molar refractivity (Wildman–Crippen MR) is 568 cm³/mol. The molecule has 35 heteroatoms. The van der Waals surface area contributed by atoms with Crippen LogP contribution in [0, 0.1) is 41.5 Å². The van der Waals surface area contributed by atoms with Gasteiger partial charge in [0.25, 0.3) is 0 Å². The number of benzene rings is 5. The van der Waals surface area contributed by atoms with E-state index in [-0.39, 0.29) is 22.5 Å². The summed E-state index contributed by atoms with van der Waals surface area (Å²) in [6, 6.07) is 46.4. The first kappa shape index (κ1) is 93.7. The summed E-state index contributed by atoms with van der Waals surface area (Å²) < 4.78 is 37.7. The van der Waals surface area contributed by atoms with Gasteiger partial charge in [-0.05, 0) is 197 Å². The Morgan fingerprint density at radius 2 is 0.795 bits per heavy atom. The van der Waals surface area contributed by atoms with Gasteiger partial charge in [-0.1, -0.05) is 13.8 Å². The van der Waals surface area contributed by atoms with E-state index in [1.54, 1.807) is 29.3 Å². The highest BCUT2D eigenvalue weighted by Crippen LogP contribution is 2.37. The molecule has 742 valence electrons. The van der Waals surface area contributed by atoms with E-state index in [2.05, 4.69) is 158 Å². The van der Waals surface area contributed by atoms with Crippen molar-refractivity contribution in [1.82, 2.24) is 97.4 Å². The lowest BCUT2D eigenvalue weighted by Gasteiger charge is -2.40. The maximum absolute atomic E-state index is 12.8. The lowest BCUT2D eigenvalue weighted by Crippen LogP contribution is -2.51. The number of imidazole rings is 5. The van der Waals surface area contributed by atoms with E-state index in [0.717, 1.165) is 206 Å². The Kier molecular flexibility index (Phi) is 25.0. The number of likely N-dealkylation sites (N-methyl/N-ethyl adjacent to an activating group) is 2. The Bertz CT molecular complexity index is 8790. The Hall–Kier alpha value is -16.0. The number of aryl methyl sites for hydroxylation is 6. The van der Waals surface area contributed by atoms with E-state index in [1.165, 1.54) is 25.8 Å². The van der Waals surface area contributed by atoms with Crippen molar-refractivity contribution < 1.29 is 22.1 Å². The van der Waals surface area contributed by atoms with Crippen molar-refractivity contribution in [3.63, 3.8) is 0 Å². The fraction of sp³-hybridized carbons (Fsp3) is 0.324. The molecule has 7 aliphatic heterocycles. The Morgan fingerprint density at radius 3 is 1.26 bits per heavy atom. The second-order valence-corrected chi connectivity index (χ2v) is 39.4. The van der Waals surface area contributed by atoms with Gasteiger partial charge in [0.2, 0.25) is 0 Å². The summed E-state index contributed by atoms with van der Waals surface area (Å²) in [5, 5.41) is 15.8. The smallest absolute Gasteiger partial charge is 0.345 e. The molecule has 2 bridgehead atoms. The van der Waals surface area contributed by atoms with Crippen molar-refractivity contribution in [3.8, 4) is 56.3 Å². The summed E-state index contributed by atoms with van der Waals surface area (Å²) in [4.78, 5) is 123. The van der Waals surface area contributed by atoms with E-state index in [4.69, 9.17) is 22.1 Å². The van der Waals surface area contributed by atoms with Gasteiger partial charge in [0.1, 0.15) is 27.9 Å². The molecule has 2 N–H and O–H groups in total. The maximum Gasteiger partial charge on any atom is 0.345 e. The van der Waals surface area contributed by atoms with Crippen LogP contribution in [0.5, 0.6) is 0 Å². The molecule has 15 aromatic heterocycles. The van der Waals surface area contributed by atoms with Gasteiger partial charge in [0, 0.05) is 264 Å². The molecule has 0 saturated carbocycles. The van der Waals surface area contributed by atoms with Gasteiger partial charge in [0.15, 0.2) is 28.2 Å². The van der Waals surface area contributed by atoms with Crippen molar-refractivity contribution in [2.75, 3.05) is 142 Å². The minimum Gasteiger partial charge on any atom is -0.422 e. The molecule has 35 nitrogen and oxygen atoms in total. The van der Waals surface area contributed by atoms with Crippen LogP contribution in [-0.2, 0) is 0 Å². The summed E-state index contributed by atoms with van der Waals surface area (Å²) in [6.45, 7) is 38.8. The van der Waals surface area contributed by atoms with Crippen LogP contribution in [-0.4, -0.2) is 235 Å². The molecule has 27 rings (SSSR count). The Morgan fingerprint density at radius 1 is 0.363 bits per heavy atom. The molecule has 0 spiro atoms. The molecule has 146 heavy (non-hydrogen) atoms. The molecule has 0 radical (unpaired) electrons. The normalized spacial score (nSPS) is 18.3. The third kappa shape index (κ3) is 19.0.